The second kappa shape index (κ2) is 5.27. The summed E-state index contributed by atoms with van der Waals surface area (Å²) in [5.41, 5.74) is 0. The molecule has 8 unspecified atom stereocenters. The molecule has 0 radical (unpaired) electrons. The smallest absolute Gasteiger partial charge is 0.0321 e. The Morgan fingerprint density at radius 1 is 0.714 bits per heavy atom. The van der Waals surface area contributed by atoms with E-state index in [0.717, 1.165) is 59.2 Å². The third-order valence-electron chi connectivity index (χ3n) is 9.05. The average molecular weight is 289 g/mol. The Bertz CT molecular complexity index is 385. The summed E-state index contributed by atoms with van der Waals surface area (Å²) in [6, 6.07) is 0. The van der Waals surface area contributed by atoms with Gasteiger partial charge in [-0.1, -0.05) is 53.4 Å². The first-order valence-corrected chi connectivity index (χ1v) is 10.1. The quantitative estimate of drug-likeness (QED) is 0.554. The van der Waals surface area contributed by atoms with E-state index in [4.69, 9.17) is 0 Å². The number of hydrogen-bond donors (Lipinski definition) is 0. The molecule has 0 aromatic carbocycles. The van der Waals surface area contributed by atoms with Crippen LogP contribution >= 0.6 is 0 Å². The highest BCUT2D eigenvalue weighted by molar-refractivity contribution is 5.07. The summed E-state index contributed by atoms with van der Waals surface area (Å²) in [6.07, 6.45) is 10.8. The van der Waals surface area contributed by atoms with Crippen LogP contribution in [-0.4, -0.2) is 0 Å². The maximum atomic E-state index is 2.67. The van der Waals surface area contributed by atoms with E-state index in [9.17, 15) is 0 Å². The molecule has 0 N–H and O–H groups in total. The minimum atomic E-state index is 0.988. The Morgan fingerprint density at radius 2 is 1.48 bits per heavy atom. The van der Waals surface area contributed by atoms with Gasteiger partial charge in [0.25, 0.3) is 0 Å². The highest BCUT2D eigenvalue weighted by Gasteiger charge is 2.59. The van der Waals surface area contributed by atoms with Crippen LogP contribution in [0.1, 0.15) is 72.6 Å². The zero-order chi connectivity index (χ0) is 14.7. The van der Waals surface area contributed by atoms with Crippen molar-refractivity contribution >= 4 is 0 Å². The molecule has 0 heterocycles. The number of rotatable bonds is 1. The van der Waals surface area contributed by atoms with Crippen LogP contribution in [0.25, 0.3) is 0 Å². The fraction of sp³-hybridized carbons (Fsp3) is 1.00. The standard InChI is InChI=1S/C21H36/c1-5-17-12(2)13(3)21-19(17)11-16-10-15-8-6-7-9-18(15)14(4)20(16)21/h12-21H,5-11H2,1-4H3/t12?,13?,14?,15-,16?,17?,18+,19?,20?,21?/m1/s1. The van der Waals surface area contributed by atoms with Crippen molar-refractivity contribution in [1.29, 1.82) is 0 Å². The van der Waals surface area contributed by atoms with Gasteiger partial charge in [0.1, 0.15) is 0 Å². The summed E-state index contributed by atoms with van der Waals surface area (Å²) in [4.78, 5) is 0. The van der Waals surface area contributed by atoms with Gasteiger partial charge in [-0.3, -0.25) is 0 Å². The molecule has 0 aromatic heterocycles. The van der Waals surface area contributed by atoms with Gasteiger partial charge >= 0.3 is 0 Å². The highest BCUT2D eigenvalue weighted by atomic mass is 14.6. The lowest BCUT2D eigenvalue weighted by atomic mass is 9.57. The van der Waals surface area contributed by atoms with E-state index in [1.165, 1.54) is 19.3 Å². The van der Waals surface area contributed by atoms with Gasteiger partial charge in [0.05, 0.1) is 0 Å². The van der Waals surface area contributed by atoms with Gasteiger partial charge in [-0.25, -0.2) is 0 Å². The molecule has 0 spiro atoms. The lowest BCUT2D eigenvalue weighted by Gasteiger charge is -2.48. The van der Waals surface area contributed by atoms with E-state index < -0.39 is 0 Å². The number of fused-ring (bicyclic) bond motifs is 4. The van der Waals surface area contributed by atoms with Gasteiger partial charge in [-0.2, -0.15) is 0 Å². The predicted molar refractivity (Wildman–Crippen MR) is 89.9 cm³/mol. The van der Waals surface area contributed by atoms with Gasteiger partial charge in [0, 0.05) is 0 Å². The molecule has 0 saturated heterocycles. The van der Waals surface area contributed by atoms with Gasteiger partial charge in [-0.15, -0.1) is 0 Å². The van der Waals surface area contributed by atoms with Crippen LogP contribution in [0, 0.1) is 59.2 Å². The summed E-state index contributed by atoms with van der Waals surface area (Å²) in [5.74, 6) is 10.7. The second-order valence-electron chi connectivity index (χ2n) is 9.41. The van der Waals surface area contributed by atoms with E-state index in [1.54, 1.807) is 25.7 Å². The first-order chi connectivity index (χ1) is 10.1. The first-order valence-electron chi connectivity index (χ1n) is 10.1. The van der Waals surface area contributed by atoms with Crippen molar-refractivity contribution in [3.63, 3.8) is 0 Å². The molecule has 0 aliphatic heterocycles. The largest absolute Gasteiger partial charge is 0.0651 e. The van der Waals surface area contributed by atoms with Crippen LogP contribution in [0.5, 0.6) is 0 Å². The molecule has 0 amide bonds. The molecule has 4 aliphatic rings. The molecular weight excluding hydrogens is 252 g/mol. The summed E-state index contributed by atoms with van der Waals surface area (Å²) < 4.78 is 0. The molecule has 10 atom stereocenters. The first kappa shape index (κ1) is 14.6. The second-order valence-corrected chi connectivity index (χ2v) is 9.41. The average Bonchev–Trinajstić information content (AvgIpc) is 2.96. The Balaban J connectivity index is 1.62. The number of hydrogen-bond acceptors (Lipinski definition) is 0. The molecule has 4 saturated carbocycles. The zero-order valence-corrected chi connectivity index (χ0v) is 14.7. The van der Waals surface area contributed by atoms with E-state index in [2.05, 4.69) is 27.7 Å². The van der Waals surface area contributed by atoms with Crippen LogP contribution in [0.4, 0.5) is 0 Å². The maximum Gasteiger partial charge on any atom is -0.0321 e. The fourth-order valence-corrected chi connectivity index (χ4v) is 8.20. The summed E-state index contributed by atoms with van der Waals surface area (Å²) in [6.45, 7) is 10.3. The third-order valence-corrected chi connectivity index (χ3v) is 9.05. The Labute approximate surface area is 132 Å². The van der Waals surface area contributed by atoms with Crippen molar-refractivity contribution < 1.29 is 0 Å². The molecule has 0 heteroatoms. The fourth-order valence-electron chi connectivity index (χ4n) is 8.20. The van der Waals surface area contributed by atoms with Gasteiger partial charge < -0.3 is 0 Å². The van der Waals surface area contributed by atoms with E-state index in [0.29, 0.717) is 0 Å². The minimum absolute atomic E-state index is 0.988. The van der Waals surface area contributed by atoms with Crippen LogP contribution in [-0.2, 0) is 0 Å². The van der Waals surface area contributed by atoms with Crippen molar-refractivity contribution in [2.45, 2.75) is 72.6 Å². The van der Waals surface area contributed by atoms with Crippen molar-refractivity contribution in [2.24, 2.45) is 59.2 Å². The van der Waals surface area contributed by atoms with E-state index >= 15 is 0 Å². The Kier molecular flexibility index (Phi) is 3.66. The van der Waals surface area contributed by atoms with Crippen LogP contribution < -0.4 is 0 Å². The van der Waals surface area contributed by atoms with Gasteiger partial charge in [-0.05, 0) is 78.4 Å². The van der Waals surface area contributed by atoms with Crippen molar-refractivity contribution in [2.75, 3.05) is 0 Å². The lowest BCUT2D eigenvalue weighted by Crippen LogP contribution is -2.41. The molecule has 4 rings (SSSR count). The van der Waals surface area contributed by atoms with Crippen molar-refractivity contribution in [3.8, 4) is 0 Å². The topological polar surface area (TPSA) is 0 Å². The van der Waals surface area contributed by atoms with Crippen LogP contribution in [0.2, 0.25) is 0 Å². The molecule has 21 heavy (non-hydrogen) atoms. The Morgan fingerprint density at radius 3 is 2.24 bits per heavy atom. The monoisotopic (exact) mass is 288 g/mol. The SMILES string of the molecule is CCC1C(C)C(C)C2C1CC1C[C@H]3CCCC[C@H]3C(C)C12. The third kappa shape index (κ3) is 1.99. The van der Waals surface area contributed by atoms with Crippen LogP contribution in [0.3, 0.4) is 0 Å². The normalized spacial score (nSPS) is 59.4. The molecule has 0 nitrogen and oxygen atoms in total. The lowest BCUT2D eigenvalue weighted by molar-refractivity contribution is 0.00593. The summed E-state index contributed by atoms with van der Waals surface area (Å²) >= 11 is 0. The molecule has 0 bridgehead atoms. The zero-order valence-electron chi connectivity index (χ0n) is 14.7. The molecule has 4 aliphatic carbocycles. The molecular formula is C21H36. The minimum Gasteiger partial charge on any atom is -0.0651 e. The van der Waals surface area contributed by atoms with Gasteiger partial charge in [0.15, 0.2) is 0 Å². The maximum absolute atomic E-state index is 2.67. The highest BCUT2D eigenvalue weighted by Crippen LogP contribution is 2.65. The van der Waals surface area contributed by atoms with Gasteiger partial charge in [0.2, 0.25) is 0 Å². The van der Waals surface area contributed by atoms with E-state index in [1.807, 2.05) is 0 Å². The summed E-state index contributed by atoms with van der Waals surface area (Å²) in [7, 11) is 0. The Hall–Kier alpha value is 0. The summed E-state index contributed by atoms with van der Waals surface area (Å²) in [5, 5.41) is 0. The molecule has 0 aromatic rings. The van der Waals surface area contributed by atoms with Crippen LogP contribution in [0.15, 0.2) is 0 Å². The van der Waals surface area contributed by atoms with Crippen molar-refractivity contribution in [1.82, 2.24) is 0 Å². The predicted octanol–water partition coefficient (Wildman–Crippen LogP) is 6.01. The molecule has 4 fully saturated rings. The molecule has 120 valence electrons. The van der Waals surface area contributed by atoms with Crippen molar-refractivity contribution in [3.05, 3.63) is 0 Å². The van der Waals surface area contributed by atoms with E-state index in [-0.39, 0.29) is 0 Å².